The van der Waals surface area contributed by atoms with Crippen molar-refractivity contribution >= 4 is 21.6 Å². The number of amides is 1. The number of primary amides is 1. The molecule has 0 bridgehead atoms. The molecule has 6 heteroatoms. The van der Waals surface area contributed by atoms with E-state index in [9.17, 15) is 13.2 Å². The minimum atomic E-state index is -3.85. The van der Waals surface area contributed by atoms with Gasteiger partial charge in [0.2, 0.25) is 5.91 Å². The van der Waals surface area contributed by atoms with Gasteiger partial charge in [-0.25, -0.2) is 8.42 Å². The molecule has 126 valence electrons. The first-order valence-corrected chi connectivity index (χ1v) is 9.39. The van der Waals surface area contributed by atoms with Crippen molar-refractivity contribution < 1.29 is 13.2 Å². The molecule has 1 atom stereocenters. The predicted octanol–water partition coefficient (Wildman–Crippen LogP) is 2.24. The summed E-state index contributed by atoms with van der Waals surface area (Å²) in [7, 11) is -3.85. The number of nitrogens with zero attached hydrogens (tertiary/aromatic N) is 1. The van der Waals surface area contributed by atoms with Crippen LogP contribution < -0.4 is 10.0 Å². The zero-order chi connectivity index (χ0) is 17.3. The Hall–Kier alpha value is -2.34. The first-order valence-electron chi connectivity index (χ1n) is 7.95. The zero-order valence-corrected chi connectivity index (χ0v) is 14.3. The van der Waals surface area contributed by atoms with Crippen LogP contribution in [0.3, 0.4) is 0 Å². The van der Waals surface area contributed by atoms with Gasteiger partial charge in [-0.3, -0.25) is 9.10 Å². The van der Waals surface area contributed by atoms with Gasteiger partial charge in [-0.2, -0.15) is 0 Å². The number of benzene rings is 2. The number of carbonyl (C=O) groups excluding carboxylic acids is 1. The van der Waals surface area contributed by atoms with E-state index in [0.717, 1.165) is 24.0 Å². The summed E-state index contributed by atoms with van der Waals surface area (Å²) in [6.45, 7) is 2.07. The lowest BCUT2D eigenvalue weighted by molar-refractivity contribution is -0.118. The monoisotopic (exact) mass is 344 g/mol. The van der Waals surface area contributed by atoms with E-state index >= 15 is 0 Å². The van der Waals surface area contributed by atoms with Gasteiger partial charge in [0.1, 0.15) is 6.04 Å². The van der Waals surface area contributed by atoms with Gasteiger partial charge in [0, 0.05) is 6.42 Å². The van der Waals surface area contributed by atoms with Crippen LogP contribution in [0.15, 0.2) is 53.4 Å². The molecule has 1 heterocycles. The predicted molar refractivity (Wildman–Crippen MR) is 93.2 cm³/mol. The molecule has 0 aromatic heterocycles. The molecule has 1 aliphatic heterocycles. The van der Waals surface area contributed by atoms with Crippen molar-refractivity contribution in [1.82, 2.24) is 0 Å². The second kappa shape index (κ2) is 6.28. The summed E-state index contributed by atoms with van der Waals surface area (Å²) in [6, 6.07) is 13.1. The molecule has 0 fully saturated rings. The van der Waals surface area contributed by atoms with Gasteiger partial charge in [-0.05, 0) is 35.7 Å². The van der Waals surface area contributed by atoms with Crippen molar-refractivity contribution in [1.29, 1.82) is 0 Å². The Morgan fingerprint density at radius 3 is 2.46 bits per heavy atom. The van der Waals surface area contributed by atoms with Crippen LogP contribution in [0.1, 0.15) is 24.5 Å². The number of fused-ring (bicyclic) bond motifs is 1. The maximum Gasteiger partial charge on any atom is 0.265 e. The van der Waals surface area contributed by atoms with Crippen molar-refractivity contribution in [3.8, 4) is 0 Å². The summed E-state index contributed by atoms with van der Waals surface area (Å²) in [4.78, 5) is 12.0. The summed E-state index contributed by atoms with van der Waals surface area (Å²) in [6.07, 6.45) is 2.20. The fraction of sp³-hybridized carbons (Fsp3) is 0.278. The van der Waals surface area contributed by atoms with Crippen molar-refractivity contribution in [2.75, 3.05) is 4.31 Å². The largest absolute Gasteiger partial charge is 0.368 e. The van der Waals surface area contributed by atoms with Crippen LogP contribution in [0.25, 0.3) is 0 Å². The lowest BCUT2D eigenvalue weighted by Gasteiger charge is -2.25. The molecule has 0 spiro atoms. The smallest absolute Gasteiger partial charge is 0.265 e. The molecule has 24 heavy (non-hydrogen) atoms. The Balaban J connectivity index is 2.05. The molecular formula is C18H20N2O3S. The van der Waals surface area contributed by atoms with Gasteiger partial charge >= 0.3 is 0 Å². The SMILES string of the molecule is CCCc1ccc(S(=O)(=O)N2c3ccccc3C[C@H]2C(N)=O)cc1. The standard InChI is InChI=1S/C18H20N2O3S/c1-2-5-13-8-10-15(11-9-13)24(22,23)20-16-7-4-3-6-14(16)12-17(20)18(19)21/h3-4,6-11,17H,2,5,12H2,1H3,(H2,19,21)/t17-/m0/s1. The lowest BCUT2D eigenvalue weighted by atomic mass is 10.1. The van der Waals surface area contributed by atoms with E-state index in [1.54, 1.807) is 24.3 Å². The van der Waals surface area contributed by atoms with Gasteiger partial charge in [0.25, 0.3) is 10.0 Å². The molecule has 0 unspecified atom stereocenters. The van der Waals surface area contributed by atoms with Crippen LogP contribution in [0, 0.1) is 0 Å². The highest BCUT2D eigenvalue weighted by Crippen LogP contribution is 2.36. The van der Waals surface area contributed by atoms with E-state index in [-0.39, 0.29) is 4.90 Å². The van der Waals surface area contributed by atoms with E-state index in [1.807, 2.05) is 24.3 Å². The fourth-order valence-corrected chi connectivity index (χ4v) is 4.76. The highest BCUT2D eigenvalue weighted by molar-refractivity contribution is 7.93. The number of nitrogens with two attached hydrogens (primary N) is 1. The fourth-order valence-electron chi connectivity index (χ4n) is 3.10. The summed E-state index contributed by atoms with van der Waals surface area (Å²) >= 11 is 0. The molecule has 2 aromatic rings. The van der Waals surface area contributed by atoms with Crippen LogP contribution in [-0.4, -0.2) is 20.4 Å². The third-order valence-electron chi connectivity index (χ3n) is 4.27. The summed E-state index contributed by atoms with van der Waals surface area (Å²) < 4.78 is 27.4. The minimum absolute atomic E-state index is 0.172. The molecule has 0 saturated heterocycles. The van der Waals surface area contributed by atoms with E-state index in [2.05, 4.69) is 6.92 Å². The Bertz CT molecular complexity index is 860. The van der Waals surface area contributed by atoms with Gasteiger partial charge in [-0.15, -0.1) is 0 Å². The Kier molecular flexibility index (Phi) is 4.32. The topological polar surface area (TPSA) is 80.5 Å². The first kappa shape index (κ1) is 16.5. The molecule has 3 rings (SSSR count). The molecule has 5 nitrogen and oxygen atoms in total. The van der Waals surface area contributed by atoms with E-state index in [4.69, 9.17) is 5.73 Å². The molecular weight excluding hydrogens is 324 g/mol. The van der Waals surface area contributed by atoms with Gasteiger partial charge < -0.3 is 5.73 Å². The summed E-state index contributed by atoms with van der Waals surface area (Å²) in [5.74, 6) is -0.641. The average Bonchev–Trinajstić information content (AvgIpc) is 2.96. The maximum atomic E-state index is 13.1. The zero-order valence-electron chi connectivity index (χ0n) is 13.5. The number of sulfonamides is 1. The number of carbonyl (C=O) groups is 1. The second-order valence-electron chi connectivity index (χ2n) is 5.95. The minimum Gasteiger partial charge on any atom is -0.368 e. The normalized spacial score (nSPS) is 16.9. The highest BCUT2D eigenvalue weighted by atomic mass is 32.2. The molecule has 1 aliphatic rings. The highest BCUT2D eigenvalue weighted by Gasteiger charge is 2.41. The first-order chi connectivity index (χ1) is 11.4. The Labute approximate surface area is 142 Å². The lowest BCUT2D eigenvalue weighted by Crippen LogP contribution is -2.45. The molecule has 0 aliphatic carbocycles. The van der Waals surface area contributed by atoms with Crippen molar-refractivity contribution in [3.05, 3.63) is 59.7 Å². The number of anilines is 1. The van der Waals surface area contributed by atoms with E-state index in [1.165, 1.54) is 4.31 Å². The molecule has 2 N–H and O–H groups in total. The van der Waals surface area contributed by atoms with Crippen LogP contribution >= 0.6 is 0 Å². The Morgan fingerprint density at radius 2 is 1.83 bits per heavy atom. The Morgan fingerprint density at radius 1 is 1.17 bits per heavy atom. The van der Waals surface area contributed by atoms with Gasteiger partial charge in [0.05, 0.1) is 10.6 Å². The number of aryl methyl sites for hydroxylation is 1. The number of para-hydroxylation sites is 1. The van der Waals surface area contributed by atoms with Crippen LogP contribution in [0.2, 0.25) is 0 Å². The van der Waals surface area contributed by atoms with Crippen molar-refractivity contribution in [3.63, 3.8) is 0 Å². The molecule has 0 radical (unpaired) electrons. The van der Waals surface area contributed by atoms with Crippen LogP contribution in [-0.2, 0) is 27.7 Å². The van der Waals surface area contributed by atoms with Crippen LogP contribution in [0.4, 0.5) is 5.69 Å². The summed E-state index contributed by atoms with van der Waals surface area (Å²) in [5.41, 5.74) is 7.89. The van der Waals surface area contributed by atoms with Crippen molar-refractivity contribution in [2.24, 2.45) is 5.73 Å². The number of rotatable bonds is 5. The third-order valence-corrected chi connectivity index (χ3v) is 6.11. The van der Waals surface area contributed by atoms with Crippen molar-refractivity contribution in [2.45, 2.75) is 37.1 Å². The molecule has 2 aromatic carbocycles. The van der Waals surface area contributed by atoms with Crippen LogP contribution in [0.5, 0.6) is 0 Å². The number of hydrogen-bond acceptors (Lipinski definition) is 3. The molecule has 1 amide bonds. The van der Waals surface area contributed by atoms with E-state index < -0.39 is 22.0 Å². The van der Waals surface area contributed by atoms with Gasteiger partial charge in [0.15, 0.2) is 0 Å². The number of hydrogen-bond donors (Lipinski definition) is 1. The summed E-state index contributed by atoms with van der Waals surface area (Å²) in [5, 5.41) is 0. The second-order valence-corrected chi connectivity index (χ2v) is 7.76. The van der Waals surface area contributed by atoms with Gasteiger partial charge in [-0.1, -0.05) is 43.7 Å². The van der Waals surface area contributed by atoms with E-state index in [0.29, 0.717) is 12.1 Å². The quantitative estimate of drug-likeness (QED) is 0.903. The molecule has 0 saturated carbocycles. The third kappa shape index (κ3) is 2.78. The maximum absolute atomic E-state index is 13.1. The average molecular weight is 344 g/mol.